The molecular formula is C13H20ClN3O. The number of ketones is 1. The van der Waals surface area contributed by atoms with E-state index in [9.17, 15) is 4.79 Å². The Labute approximate surface area is 113 Å². The third-order valence-electron chi connectivity index (χ3n) is 3.04. The fourth-order valence-electron chi connectivity index (χ4n) is 1.78. The lowest BCUT2D eigenvalue weighted by molar-refractivity contribution is 0.0962. The largest absolute Gasteiger partial charge is 0.383 e. The fraction of sp³-hybridized carbons (Fsp3) is 0.538. The lowest BCUT2D eigenvalue weighted by Gasteiger charge is -2.23. The minimum Gasteiger partial charge on any atom is -0.383 e. The molecule has 0 aliphatic carbocycles. The number of carbonyl (C=O) groups excluding carboxylic acids is 1. The van der Waals surface area contributed by atoms with Crippen LogP contribution in [0, 0.1) is 5.41 Å². The second-order valence-electron chi connectivity index (χ2n) is 5.21. The van der Waals surface area contributed by atoms with Crippen LogP contribution in [-0.2, 0) is 0 Å². The Balaban J connectivity index is 2.69. The highest BCUT2D eigenvalue weighted by Gasteiger charge is 2.20. The number of aromatic nitrogens is 1. The van der Waals surface area contributed by atoms with Gasteiger partial charge in [0.2, 0.25) is 0 Å². The molecule has 0 saturated heterocycles. The highest BCUT2D eigenvalue weighted by atomic mass is 35.5. The number of nitrogens with two attached hydrogens (primary N) is 2. The number of anilines is 1. The smallest absolute Gasteiger partial charge is 0.166 e. The van der Waals surface area contributed by atoms with Crippen LogP contribution in [0.15, 0.2) is 12.3 Å². The predicted molar refractivity (Wildman–Crippen MR) is 74.7 cm³/mol. The van der Waals surface area contributed by atoms with E-state index in [4.69, 9.17) is 23.1 Å². The second-order valence-corrected chi connectivity index (χ2v) is 5.65. The molecule has 0 radical (unpaired) electrons. The molecule has 5 heteroatoms. The van der Waals surface area contributed by atoms with E-state index in [1.54, 1.807) is 6.07 Å². The molecule has 1 rings (SSSR count). The van der Waals surface area contributed by atoms with Crippen molar-refractivity contribution in [1.29, 1.82) is 0 Å². The standard InChI is InChI=1S/C13H20ClN3O/c1-13(2,5-6-15)4-3-11(18)10-7-9(14)8-17-12(10)16/h7-8H,3-6,15H2,1-2H3,(H2,16,17). The normalized spacial score (nSPS) is 11.6. The van der Waals surface area contributed by atoms with Crippen LogP contribution in [0.4, 0.5) is 5.82 Å². The highest BCUT2D eigenvalue weighted by molar-refractivity contribution is 6.31. The van der Waals surface area contributed by atoms with Gasteiger partial charge in [0.05, 0.1) is 10.6 Å². The molecule has 0 aromatic carbocycles. The first-order valence-electron chi connectivity index (χ1n) is 6.00. The molecule has 0 bridgehead atoms. The average molecular weight is 270 g/mol. The van der Waals surface area contributed by atoms with Crippen LogP contribution in [-0.4, -0.2) is 17.3 Å². The van der Waals surface area contributed by atoms with Gasteiger partial charge in [-0.05, 0) is 30.9 Å². The zero-order valence-corrected chi connectivity index (χ0v) is 11.6. The van der Waals surface area contributed by atoms with Crippen molar-refractivity contribution >= 4 is 23.2 Å². The Morgan fingerprint density at radius 1 is 1.44 bits per heavy atom. The van der Waals surface area contributed by atoms with Gasteiger partial charge in [-0.2, -0.15) is 0 Å². The zero-order valence-electron chi connectivity index (χ0n) is 10.9. The van der Waals surface area contributed by atoms with Crippen LogP contribution in [0.25, 0.3) is 0 Å². The molecule has 0 saturated carbocycles. The molecule has 0 aliphatic rings. The lowest BCUT2D eigenvalue weighted by Crippen LogP contribution is -2.18. The molecule has 0 fully saturated rings. The SMILES string of the molecule is CC(C)(CCN)CCC(=O)c1cc(Cl)cnc1N. The quantitative estimate of drug-likeness (QED) is 0.778. The first-order chi connectivity index (χ1) is 8.35. The van der Waals surface area contributed by atoms with Gasteiger partial charge in [0, 0.05) is 12.6 Å². The van der Waals surface area contributed by atoms with Crippen molar-refractivity contribution in [3.8, 4) is 0 Å². The summed E-state index contributed by atoms with van der Waals surface area (Å²) in [5.41, 5.74) is 11.7. The van der Waals surface area contributed by atoms with Crippen LogP contribution in [0.1, 0.15) is 43.5 Å². The van der Waals surface area contributed by atoms with Crippen LogP contribution in [0.2, 0.25) is 5.02 Å². The molecular weight excluding hydrogens is 250 g/mol. The minimum atomic E-state index is -0.0207. The summed E-state index contributed by atoms with van der Waals surface area (Å²) < 4.78 is 0. The maximum atomic E-state index is 12.1. The van der Waals surface area contributed by atoms with E-state index in [0.717, 1.165) is 12.8 Å². The van der Waals surface area contributed by atoms with Gasteiger partial charge in [-0.25, -0.2) is 4.98 Å². The number of pyridine rings is 1. The van der Waals surface area contributed by atoms with Crippen molar-refractivity contribution in [2.45, 2.75) is 33.1 Å². The minimum absolute atomic E-state index is 0.0207. The Morgan fingerprint density at radius 2 is 2.11 bits per heavy atom. The van der Waals surface area contributed by atoms with Gasteiger partial charge in [-0.3, -0.25) is 4.79 Å². The summed E-state index contributed by atoms with van der Waals surface area (Å²) in [7, 11) is 0. The number of hydrogen-bond acceptors (Lipinski definition) is 4. The molecule has 4 nitrogen and oxygen atoms in total. The van der Waals surface area contributed by atoms with E-state index in [1.807, 2.05) is 0 Å². The number of carbonyl (C=O) groups is 1. The van der Waals surface area contributed by atoms with E-state index in [-0.39, 0.29) is 17.0 Å². The number of nitrogens with zero attached hydrogens (tertiary/aromatic N) is 1. The third-order valence-corrected chi connectivity index (χ3v) is 3.24. The topological polar surface area (TPSA) is 82.0 Å². The van der Waals surface area contributed by atoms with Gasteiger partial charge in [-0.15, -0.1) is 0 Å². The van der Waals surface area contributed by atoms with E-state index >= 15 is 0 Å². The van der Waals surface area contributed by atoms with Crippen molar-refractivity contribution in [2.75, 3.05) is 12.3 Å². The van der Waals surface area contributed by atoms with E-state index < -0.39 is 0 Å². The van der Waals surface area contributed by atoms with Crippen molar-refractivity contribution in [3.63, 3.8) is 0 Å². The zero-order chi connectivity index (χ0) is 13.8. The Morgan fingerprint density at radius 3 is 2.72 bits per heavy atom. The summed E-state index contributed by atoms with van der Waals surface area (Å²) in [6.07, 6.45) is 3.53. The average Bonchev–Trinajstić information content (AvgIpc) is 2.29. The van der Waals surface area contributed by atoms with E-state index in [1.165, 1.54) is 6.20 Å². The second kappa shape index (κ2) is 6.16. The van der Waals surface area contributed by atoms with Crippen LogP contribution in [0.3, 0.4) is 0 Å². The summed E-state index contributed by atoms with van der Waals surface area (Å²) in [6, 6.07) is 1.57. The molecule has 1 aromatic rings. The summed E-state index contributed by atoms with van der Waals surface area (Å²) in [6.45, 7) is 4.83. The Hall–Kier alpha value is -1.13. The van der Waals surface area contributed by atoms with Crippen molar-refractivity contribution in [2.24, 2.45) is 11.1 Å². The first-order valence-corrected chi connectivity index (χ1v) is 6.38. The van der Waals surface area contributed by atoms with Gasteiger partial charge in [0.1, 0.15) is 5.82 Å². The van der Waals surface area contributed by atoms with E-state index in [2.05, 4.69) is 18.8 Å². The fourth-order valence-corrected chi connectivity index (χ4v) is 1.93. The van der Waals surface area contributed by atoms with Gasteiger partial charge in [0.25, 0.3) is 0 Å². The summed E-state index contributed by atoms with van der Waals surface area (Å²) in [5, 5.41) is 0.425. The molecule has 0 aliphatic heterocycles. The van der Waals surface area contributed by atoms with Crippen molar-refractivity contribution in [1.82, 2.24) is 4.98 Å². The van der Waals surface area contributed by atoms with E-state index in [0.29, 0.717) is 23.6 Å². The number of nitrogen functional groups attached to an aromatic ring is 1. The molecule has 1 aromatic heterocycles. The number of Topliss-reactive ketones (excluding diaryl/α,β-unsaturated/α-hetero) is 1. The first kappa shape index (κ1) is 14.9. The van der Waals surface area contributed by atoms with Gasteiger partial charge < -0.3 is 11.5 Å². The molecule has 0 atom stereocenters. The highest BCUT2D eigenvalue weighted by Crippen LogP contribution is 2.27. The molecule has 4 N–H and O–H groups in total. The molecule has 0 amide bonds. The van der Waals surface area contributed by atoms with Crippen LogP contribution >= 0.6 is 11.6 Å². The van der Waals surface area contributed by atoms with Crippen LogP contribution < -0.4 is 11.5 Å². The maximum absolute atomic E-state index is 12.1. The summed E-state index contributed by atoms with van der Waals surface area (Å²) >= 11 is 5.81. The number of rotatable bonds is 6. The molecule has 0 unspecified atom stereocenters. The lowest BCUT2D eigenvalue weighted by atomic mass is 9.83. The third kappa shape index (κ3) is 4.27. The van der Waals surface area contributed by atoms with Gasteiger partial charge in [-0.1, -0.05) is 25.4 Å². The number of halogens is 1. The molecule has 0 spiro atoms. The molecule has 100 valence electrons. The predicted octanol–water partition coefficient (Wildman–Crippen LogP) is 2.66. The van der Waals surface area contributed by atoms with Crippen molar-refractivity contribution in [3.05, 3.63) is 22.8 Å². The van der Waals surface area contributed by atoms with Gasteiger partial charge >= 0.3 is 0 Å². The van der Waals surface area contributed by atoms with Crippen LogP contribution in [0.5, 0.6) is 0 Å². The Bertz CT molecular complexity index is 432. The van der Waals surface area contributed by atoms with Crippen molar-refractivity contribution < 1.29 is 4.79 Å². The summed E-state index contributed by atoms with van der Waals surface area (Å²) in [5.74, 6) is 0.216. The summed E-state index contributed by atoms with van der Waals surface area (Å²) in [4.78, 5) is 15.9. The monoisotopic (exact) mass is 269 g/mol. The van der Waals surface area contributed by atoms with Gasteiger partial charge in [0.15, 0.2) is 5.78 Å². The molecule has 18 heavy (non-hydrogen) atoms. The number of hydrogen-bond donors (Lipinski definition) is 2. The molecule has 1 heterocycles. The maximum Gasteiger partial charge on any atom is 0.166 e. The Kier molecular flexibility index (Phi) is 5.11.